The molecular formula is C24H31N5O4S. The molecule has 2 fully saturated rings. The lowest BCUT2D eigenvalue weighted by Gasteiger charge is -2.33. The molecule has 0 atom stereocenters. The van der Waals surface area contributed by atoms with E-state index in [1.54, 1.807) is 22.8 Å². The summed E-state index contributed by atoms with van der Waals surface area (Å²) in [5.74, 6) is -0.0894. The Morgan fingerprint density at radius 3 is 2.65 bits per heavy atom. The van der Waals surface area contributed by atoms with E-state index in [0.717, 1.165) is 36.0 Å². The second-order valence-corrected chi connectivity index (χ2v) is 10.7. The number of hydrogen-bond acceptors (Lipinski definition) is 6. The van der Waals surface area contributed by atoms with Gasteiger partial charge in [0.15, 0.2) is 5.16 Å². The zero-order valence-corrected chi connectivity index (χ0v) is 20.6. The van der Waals surface area contributed by atoms with Gasteiger partial charge in [-0.3, -0.25) is 24.4 Å². The fourth-order valence-corrected chi connectivity index (χ4v) is 5.26. The number of para-hydroxylation sites is 1. The Labute approximate surface area is 202 Å². The average Bonchev–Trinajstić information content (AvgIpc) is 3.03. The Kier molecular flexibility index (Phi) is 6.97. The van der Waals surface area contributed by atoms with Crippen molar-refractivity contribution in [1.29, 1.82) is 0 Å². The van der Waals surface area contributed by atoms with Crippen molar-refractivity contribution in [2.45, 2.75) is 70.1 Å². The molecule has 1 saturated carbocycles. The molecule has 4 amide bonds. The van der Waals surface area contributed by atoms with Crippen LogP contribution in [0, 0.1) is 11.8 Å². The van der Waals surface area contributed by atoms with E-state index in [1.165, 1.54) is 0 Å². The standard InChI is InChI=1S/C24H31N5O4S/c1-15(2)10-13-28-20(31)17-6-4-5-7-18(17)25-23(28)34-14-19(30)27-29-21(32)24(26-22(29)33)11-8-16(3)9-12-24/h4-7,15-16H,8-14H2,1-3H3,(H,26,33)(H,27,30). The monoisotopic (exact) mass is 485 g/mol. The highest BCUT2D eigenvalue weighted by molar-refractivity contribution is 7.99. The van der Waals surface area contributed by atoms with Crippen molar-refractivity contribution >= 4 is 40.5 Å². The number of thioether (sulfide) groups is 1. The number of amides is 4. The van der Waals surface area contributed by atoms with E-state index in [-0.39, 0.29) is 11.3 Å². The quantitative estimate of drug-likeness (QED) is 0.354. The third-order valence-corrected chi connectivity index (χ3v) is 7.59. The molecule has 2 aliphatic rings. The minimum atomic E-state index is -0.915. The maximum absolute atomic E-state index is 13.1. The molecular weight excluding hydrogens is 454 g/mol. The fourth-order valence-electron chi connectivity index (χ4n) is 4.45. The first-order chi connectivity index (χ1) is 16.2. The SMILES string of the molecule is CC(C)CCn1c(SCC(=O)NN2C(=O)NC3(CCC(C)CC3)C2=O)nc2ccccc2c1=O. The lowest BCUT2D eigenvalue weighted by atomic mass is 9.77. The Bertz CT molecular complexity index is 1170. The second-order valence-electron chi connectivity index (χ2n) is 9.71. The Hall–Kier alpha value is -2.88. The van der Waals surface area contributed by atoms with Crippen LogP contribution in [0.4, 0.5) is 4.79 Å². The van der Waals surface area contributed by atoms with E-state index < -0.39 is 23.4 Å². The van der Waals surface area contributed by atoms with Gasteiger partial charge in [-0.2, -0.15) is 5.01 Å². The Morgan fingerprint density at radius 1 is 1.24 bits per heavy atom. The third kappa shape index (κ3) is 4.82. The van der Waals surface area contributed by atoms with Gasteiger partial charge in [0.1, 0.15) is 5.54 Å². The number of urea groups is 1. The van der Waals surface area contributed by atoms with E-state index >= 15 is 0 Å². The van der Waals surface area contributed by atoms with Crippen molar-refractivity contribution in [3.63, 3.8) is 0 Å². The van der Waals surface area contributed by atoms with Crippen LogP contribution in [0.1, 0.15) is 52.9 Å². The molecule has 1 aliphatic heterocycles. The molecule has 2 heterocycles. The number of carbonyl (C=O) groups is 3. The van der Waals surface area contributed by atoms with Gasteiger partial charge < -0.3 is 5.32 Å². The highest BCUT2D eigenvalue weighted by Crippen LogP contribution is 2.35. The lowest BCUT2D eigenvalue weighted by Crippen LogP contribution is -2.51. The van der Waals surface area contributed by atoms with Crippen LogP contribution >= 0.6 is 11.8 Å². The number of rotatable bonds is 7. The molecule has 0 radical (unpaired) electrons. The summed E-state index contributed by atoms with van der Waals surface area (Å²) in [5.41, 5.74) is 1.96. The predicted molar refractivity (Wildman–Crippen MR) is 130 cm³/mol. The van der Waals surface area contributed by atoms with Crippen molar-refractivity contribution in [3.8, 4) is 0 Å². The molecule has 34 heavy (non-hydrogen) atoms. The molecule has 1 aliphatic carbocycles. The van der Waals surface area contributed by atoms with Gasteiger partial charge in [-0.1, -0.05) is 44.7 Å². The van der Waals surface area contributed by atoms with E-state index in [4.69, 9.17) is 0 Å². The van der Waals surface area contributed by atoms with Crippen LogP contribution in [0.3, 0.4) is 0 Å². The van der Waals surface area contributed by atoms with E-state index in [1.807, 2.05) is 6.07 Å². The van der Waals surface area contributed by atoms with E-state index in [0.29, 0.717) is 47.3 Å². The largest absolute Gasteiger partial charge is 0.344 e. The summed E-state index contributed by atoms with van der Waals surface area (Å²) in [6.45, 7) is 6.79. The van der Waals surface area contributed by atoms with Crippen molar-refractivity contribution < 1.29 is 14.4 Å². The molecule has 1 aromatic heterocycles. The number of hydrazine groups is 1. The molecule has 182 valence electrons. The molecule has 0 unspecified atom stereocenters. The Balaban J connectivity index is 1.47. The van der Waals surface area contributed by atoms with Gasteiger partial charge in [0.05, 0.1) is 16.7 Å². The number of nitrogens with one attached hydrogen (secondary N) is 2. The van der Waals surface area contributed by atoms with Gasteiger partial charge in [0.2, 0.25) is 5.91 Å². The maximum atomic E-state index is 13.1. The average molecular weight is 486 g/mol. The summed E-state index contributed by atoms with van der Waals surface area (Å²) in [7, 11) is 0. The zero-order chi connectivity index (χ0) is 24.5. The number of imide groups is 1. The van der Waals surface area contributed by atoms with Crippen LogP contribution in [0.25, 0.3) is 10.9 Å². The van der Waals surface area contributed by atoms with Gasteiger partial charge in [-0.25, -0.2) is 9.78 Å². The number of fused-ring (bicyclic) bond motifs is 1. The van der Waals surface area contributed by atoms with Crippen molar-refractivity contribution in [3.05, 3.63) is 34.6 Å². The molecule has 1 aromatic carbocycles. The number of benzene rings is 1. The zero-order valence-electron chi connectivity index (χ0n) is 19.8. The van der Waals surface area contributed by atoms with Gasteiger partial charge in [0.25, 0.3) is 11.5 Å². The molecule has 10 heteroatoms. The topological polar surface area (TPSA) is 113 Å². The summed E-state index contributed by atoms with van der Waals surface area (Å²) in [4.78, 5) is 55.8. The molecule has 2 N–H and O–H groups in total. The van der Waals surface area contributed by atoms with Crippen LogP contribution in [-0.2, 0) is 16.1 Å². The lowest BCUT2D eigenvalue weighted by molar-refractivity contribution is -0.139. The molecule has 2 aromatic rings. The minimum Gasteiger partial charge on any atom is -0.322 e. The molecule has 9 nitrogen and oxygen atoms in total. The summed E-state index contributed by atoms with van der Waals surface area (Å²) >= 11 is 1.12. The smallest absolute Gasteiger partial charge is 0.322 e. The summed E-state index contributed by atoms with van der Waals surface area (Å²) in [6, 6.07) is 6.53. The van der Waals surface area contributed by atoms with Gasteiger partial charge in [-0.15, -0.1) is 0 Å². The van der Waals surface area contributed by atoms with Crippen LogP contribution in [0.5, 0.6) is 0 Å². The van der Waals surface area contributed by atoms with Gasteiger partial charge in [-0.05, 0) is 56.1 Å². The predicted octanol–water partition coefficient (Wildman–Crippen LogP) is 3.07. The fraction of sp³-hybridized carbons (Fsp3) is 0.542. The van der Waals surface area contributed by atoms with Crippen LogP contribution in [0.15, 0.2) is 34.2 Å². The van der Waals surface area contributed by atoms with Crippen LogP contribution in [0.2, 0.25) is 0 Å². The third-order valence-electron chi connectivity index (χ3n) is 6.62. The number of aromatic nitrogens is 2. The molecule has 1 saturated heterocycles. The Morgan fingerprint density at radius 2 is 1.94 bits per heavy atom. The number of carbonyl (C=O) groups excluding carboxylic acids is 3. The normalized spacial score (nSPS) is 22.6. The van der Waals surface area contributed by atoms with E-state index in [2.05, 4.69) is 36.5 Å². The number of hydrogen-bond donors (Lipinski definition) is 2. The van der Waals surface area contributed by atoms with Crippen LogP contribution < -0.4 is 16.3 Å². The maximum Gasteiger partial charge on any atom is 0.344 e. The first-order valence-corrected chi connectivity index (χ1v) is 12.8. The molecule has 4 rings (SSSR count). The van der Waals surface area contributed by atoms with E-state index in [9.17, 15) is 19.2 Å². The summed E-state index contributed by atoms with van der Waals surface area (Å²) in [5, 5.41) is 4.57. The highest BCUT2D eigenvalue weighted by Gasteiger charge is 2.52. The van der Waals surface area contributed by atoms with Crippen LogP contribution in [-0.4, -0.2) is 43.7 Å². The number of nitrogens with zero attached hydrogens (tertiary/aromatic N) is 3. The van der Waals surface area contributed by atoms with Crippen molar-refractivity contribution in [2.75, 3.05) is 5.75 Å². The highest BCUT2D eigenvalue weighted by atomic mass is 32.2. The van der Waals surface area contributed by atoms with Gasteiger partial charge in [0, 0.05) is 6.54 Å². The summed E-state index contributed by atoms with van der Waals surface area (Å²) in [6.07, 6.45) is 3.64. The molecule has 0 bridgehead atoms. The molecule has 1 spiro atoms. The van der Waals surface area contributed by atoms with Crippen molar-refractivity contribution in [2.24, 2.45) is 11.8 Å². The first-order valence-electron chi connectivity index (χ1n) is 11.8. The van der Waals surface area contributed by atoms with Gasteiger partial charge >= 0.3 is 6.03 Å². The minimum absolute atomic E-state index is 0.0897. The second kappa shape index (κ2) is 9.77. The van der Waals surface area contributed by atoms with Crippen molar-refractivity contribution in [1.82, 2.24) is 25.3 Å². The summed E-state index contributed by atoms with van der Waals surface area (Å²) < 4.78 is 1.60. The first kappa shape index (κ1) is 24.3.